The average Bonchev–Trinajstić information content (AvgIpc) is 2.79. The number of nitrogens with zero attached hydrogens (tertiary/aromatic N) is 1. The summed E-state index contributed by atoms with van der Waals surface area (Å²) in [5.74, 6) is -0.134. The Balaban J connectivity index is 2.05. The Hall–Kier alpha value is -1.64. The number of nitrogens with one attached hydrogen (secondary N) is 1. The van der Waals surface area contributed by atoms with Gasteiger partial charge in [-0.3, -0.25) is 4.79 Å². The van der Waals surface area contributed by atoms with Crippen molar-refractivity contribution in [3.8, 4) is 6.07 Å². The van der Waals surface area contributed by atoms with Crippen LogP contribution in [0.2, 0.25) is 0 Å². The van der Waals surface area contributed by atoms with E-state index in [1.54, 1.807) is 23.6 Å². The molecule has 18 heavy (non-hydrogen) atoms. The maximum Gasteiger partial charge on any atom is 0.256 e. The van der Waals surface area contributed by atoms with Crippen molar-refractivity contribution in [2.75, 3.05) is 5.32 Å². The van der Waals surface area contributed by atoms with Gasteiger partial charge < -0.3 is 5.32 Å². The number of hydrogen-bond donors (Lipinski definition) is 1. The lowest BCUT2D eigenvalue weighted by molar-refractivity contribution is 0.102. The summed E-state index contributed by atoms with van der Waals surface area (Å²) in [5, 5.41) is 13.2. The van der Waals surface area contributed by atoms with Gasteiger partial charge in [0.15, 0.2) is 0 Å². The fourth-order valence-corrected chi connectivity index (χ4v) is 2.57. The quantitative estimate of drug-likeness (QED) is 0.934. The molecule has 3 nitrogen and oxygen atoms in total. The van der Waals surface area contributed by atoms with Gasteiger partial charge in [0.25, 0.3) is 5.91 Å². The molecule has 5 heteroatoms. The van der Waals surface area contributed by atoms with Crippen LogP contribution in [0.1, 0.15) is 15.9 Å². The lowest BCUT2D eigenvalue weighted by Crippen LogP contribution is -2.10. The molecule has 0 bridgehead atoms. The summed E-state index contributed by atoms with van der Waals surface area (Å²) in [4.78, 5) is 11.9. The molecule has 1 amide bonds. The number of hydrogen-bond acceptors (Lipinski definition) is 3. The van der Waals surface area contributed by atoms with E-state index in [4.69, 9.17) is 5.26 Å². The first kappa shape index (κ1) is 12.8. The minimum absolute atomic E-state index is 0.134. The van der Waals surface area contributed by atoms with E-state index in [0.717, 1.165) is 15.0 Å². The average molecular weight is 321 g/mol. The minimum atomic E-state index is -0.134. The van der Waals surface area contributed by atoms with Gasteiger partial charge in [0, 0.05) is 11.1 Å². The van der Waals surface area contributed by atoms with Gasteiger partial charge in [-0.05, 0) is 39.7 Å². The Bertz CT molecular complexity index is 598. The number of benzene rings is 1. The van der Waals surface area contributed by atoms with Crippen LogP contribution in [0.5, 0.6) is 0 Å². The normalized spacial score (nSPS) is 9.78. The highest BCUT2D eigenvalue weighted by atomic mass is 79.9. The summed E-state index contributed by atoms with van der Waals surface area (Å²) in [7, 11) is 0. The van der Waals surface area contributed by atoms with Crippen molar-refractivity contribution in [1.29, 1.82) is 5.26 Å². The maximum absolute atomic E-state index is 11.9. The third-order valence-electron chi connectivity index (χ3n) is 2.32. The molecule has 1 N–H and O–H groups in total. The molecule has 0 fully saturated rings. The van der Waals surface area contributed by atoms with Crippen molar-refractivity contribution >= 4 is 38.9 Å². The molecule has 1 heterocycles. The largest absolute Gasteiger partial charge is 0.322 e. The number of anilines is 1. The molecule has 0 aliphatic heterocycles. The Kier molecular flexibility index (Phi) is 4.13. The standard InChI is InChI=1S/C13H9BrN2OS/c14-12-7-10(8-18-12)13(17)16-11-3-1-9(2-4-11)5-6-15/h1-4,7-8H,5H2,(H,16,17). The highest BCUT2D eigenvalue weighted by Gasteiger charge is 2.07. The van der Waals surface area contributed by atoms with Gasteiger partial charge >= 0.3 is 0 Å². The van der Waals surface area contributed by atoms with Crippen LogP contribution >= 0.6 is 27.3 Å². The molecule has 0 unspecified atom stereocenters. The van der Waals surface area contributed by atoms with E-state index in [9.17, 15) is 4.79 Å². The Morgan fingerprint density at radius 2 is 2.11 bits per heavy atom. The van der Waals surface area contributed by atoms with Crippen LogP contribution in [0, 0.1) is 11.3 Å². The number of thiophene rings is 1. The lowest BCUT2D eigenvalue weighted by Gasteiger charge is -2.04. The van der Waals surface area contributed by atoms with Crippen molar-refractivity contribution in [3.05, 3.63) is 50.6 Å². The van der Waals surface area contributed by atoms with Gasteiger partial charge in [-0.25, -0.2) is 0 Å². The molecule has 0 saturated carbocycles. The number of amides is 1. The topological polar surface area (TPSA) is 52.9 Å². The van der Waals surface area contributed by atoms with Crippen LogP contribution in [0.4, 0.5) is 5.69 Å². The number of nitriles is 1. The van der Waals surface area contributed by atoms with Crippen molar-refractivity contribution in [3.63, 3.8) is 0 Å². The minimum Gasteiger partial charge on any atom is -0.322 e. The van der Waals surface area contributed by atoms with Crippen molar-refractivity contribution in [1.82, 2.24) is 0 Å². The molecule has 90 valence electrons. The molecule has 0 atom stereocenters. The van der Waals surface area contributed by atoms with E-state index in [0.29, 0.717) is 12.0 Å². The Morgan fingerprint density at radius 1 is 1.39 bits per heavy atom. The predicted molar refractivity (Wildman–Crippen MR) is 75.7 cm³/mol. The molecule has 0 radical (unpaired) electrons. The SMILES string of the molecule is N#CCc1ccc(NC(=O)c2csc(Br)c2)cc1. The van der Waals surface area contributed by atoms with Crippen LogP contribution in [-0.4, -0.2) is 5.91 Å². The van der Waals surface area contributed by atoms with E-state index in [1.165, 1.54) is 11.3 Å². The Labute approximate surface area is 117 Å². The van der Waals surface area contributed by atoms with Gasteiger partial charge in [0.05, 0.1) is 21.8 Å². The smallest absolute Gasteiger partial charge is 0.256 e. The number of rotatable bonds is 3. The monoisotopic (exact) mass is 320 g/mol. The van der Waals surface area contributed by atoms with E-state index >= 15 is 0 Å². The summed E-state index contributed by atoms with van der Waals surface area (Å²) in [6, 6.07) is 11.1. The molecule has 1 aromatic carbocycles. The van der Waals surface area contributed by atoms with Crippen molar-refractivity contribution < 1.29 is 4.79 Å². The Morgan fingerprint density at radius 3 is 2.67 bits per heavy atom. The third-order valence-corrected chi connectivity index (χ3v) is 3.83. The van der Waals surface area contributed by atoms with Gasteiger partial charge in [0.1, 0.15) is 0 Å². The second kappa shape index (κ2) is 5.80. The summed E-state index contributed by atoms with van der Waals surface area (Å²) in [6.07, 6.45) is 0.381. The zero-order chi connectivity index (χ0) is 13.0. The molecule has 0 aliphatic carbocycles. The predicted octanol–water partition coefficient (Wildman–Crippen LogP) is 3.83. The molecule has 2 aromatic rings. The highest BCUT2D eigenvalue weighted by Crippen LogP contribution is 2.21. The van der Waals surface area contributed by atoms with E-state index < -0.39 is 0 Å². The van der Waals surface area contributed by atoms with Crippen molar-refractivity contribution in [2.45, 2.75) is 6.42 Å². The third kappa shape index (κ3) is 3.19. The molecule has 0 saturated heterocycles. The summed E-state index contributed by atoms with van der Waals surface area (Å²) in [6.45, 7) is 0. The lowest BCUT2D eigenvalue weighted by atomic mass is 10.1. The maximum atomic E-state index is 11.9. The number of carbonyl (C=O) groups excluding carboxylic acids is 1. The molecular formula is C13H9BrN2OS. The summed E-state index contributed by atoms with van der Waals surface area (Å²) >= 11 is 4.79. The number of carbonyl (C=O) groups is 1. The van der Waals surface area contributed by atoms with E-state index in [2.05, 4.69) is 27.3 Å². The van der Waals surface area contributed by atoms with Crippen LogP contribution < -0.4 is 5.32 Å². The second-order valence-electron chi connectivity index (χ2n) is 3.63. The second-order valence-corrected chi connectivity index (χ2v) is 5.92. The van der Waals surface area contributed by atoms with Gasteiger partial charge in [-0.2, -0.15) is 5.26 Å². The summed E-state index contributed by atoms with van der Waals surface area (Å²) in [5.41, 5.74) is 2.30. The van der Waals surface area contributed by atoms with Crippen LogP contribution in [-0.2, 0) is 6.42 Å². The molecular weight excluding hydrogens is 312 g/mol. The first-order valence-electron chi connectivity index (χ1n) is 5.20. The van der Waals surface area contributed by atoms with Gasteiger partial charge in [-0.15, -0.1) is 11.3 Å². The molecule has 2 rings (SSSR count). The van der Waals surface area contributed by atoms with Crippen LogP contribution in [0.25, 0.3) is 0 Å². The van der Waals surface area contributed by atoms with Crippen LogP contribution in [0.15, 0.2) is 39.5 Å². The fourth-order valence-electron chi connectivity index (χ4n) is 1.43. The van der Waals surface area contributed by atoms with E-state index in [-0.39, 0.29) is 5.91 Å². The molecule has 0 aliphatic rings. The van der Waals surface area contributed by atoms with Gasteiger partial charge in [-0.1, -0.05) is 12.1 Å². The first-order chi connectivity index (χ1) is 8.69. The highest BCUT2D eigenvalue weighted by molar-refractivity contribution is 9.11. The summed E-state index contributed by atoms with van der Waals surface area (Å²) < 4.78 is 0.928. The van der Waals surface area contributed by atoms with Crippen molar-refractivity contribution in [2.24, 2.45) is 0 Å². The zero-order valence-corrected chi connectivity index (χ0v) is 11.7. The first-order valence-corrected chi connectivity index (χ1v) is 6.87. The molecule has 0 spiro atoms. The van der Waals surface area contributed by atoms with Crippen LogP contribution in [0.3, 0.4) is 0 Å². The fraction of sp³-hybridized carbons (Fsp3) is 0.0769. The van der Waals surface area contributed by atoms with Gasteiger partial charge in [0.2, 0.25) is 0 Å². The number of halogens is 1. The zero-order valence-electron chi connectivity index (χ0n) is 9.31. The van der Waals surface area contributed by atoms with E-state index in [1.807, 2.05) is 12.1 Å². The molecule has 1 aromatic heterocycles.